The fourth-order valence-corrected chi connectivity index (χ4v) is 6.66. The second kappa shape index (κ2) is 15.2. The highest BCUT2D eigenvalue weighted by atomic mass is 35.5. The van der Waals surface area contributed by atoms with Gasteiger partial charge in [0.2, 0.25) is 11.8 Å². The summed E-state index contributed by atoms with van der Waals surface area (Å²) in [5.74, 6) is -0.882. The molecule has 0 unspecified atom stereocenters. The van der Waals surface area contributed by atoms with E-state index in [1.54, 1.807) is 12.1 Å². The highest BCUT2D eigenvalue weighted by Gasteiger charge is 2.34. The third-order valence-electron chi connectivity index (χ3n) is 7.04. The number of aryl methyl sites for hydroxylation is 1. The summed E-state index contributed by atoms with van der Waals surface area (Å²) in [7, 11) is -4.26. The molecule has 0 aliphatic rings. The molecule has 0 aromatic heterocycles. The van der Waals surface area contributed by atoms with Crippen molar-refractivity contribution in [3.05, 3.63) is 130 Å². The Morgan fingerprint density at radius 2 is 1.39 bits per heavy atom. The van der Waals surface area contributed by atoms with E-state index >= 15 is 0 Å². The second-order valence-corrected chi connectivity index (χ2v) is 13.2. The van der Waals surface area contributed by atoms with E-state index in [-0.39, 0.29) is 39.5 Å². The zero-order chi connectivity index (χ0) is 31.7. The molecular weight excluding hydrogens is 617 g/mol. The number of nitrogens with zero attached hydrogens (tertiary/aromatic N) is 2. The predicted molar refractivity (Wildman–Crippen MR) is 176 cm³/mol. The molecule has 0 bridgehead atoms. The van der Waals surface area contributed by atoms with E-state index in [2.05, 4.69) is 5.32 Å². The van der Waals surface area contributed by atoms with Crippen molar-refractivity contribution in [1.82, 2.24) is 10.2 Å². The molecule has 4 aromatic rings. The Morgan fingerprint density at radius 1 is 0.818 bits per heavy atom. The minimum Gasteiger partial charge on any atom is -0.354 e. The number of rotatable bonds is 13. The molecule has 4 rings (SSSR count). The standard InChI is InChI=1S/C34H35Cl2N3O4S/c1-3-18-37-34(41)32(19-26-10-6-4-7-11-26)38(23-27-12-8-5-9-13-27)33(40)24-39(30-21-28(35)20-29(36)22-30)44(42,43)31-16-14-25(2)15-17-31/h4-17,20-22,32H,3,18-19,23-24H2,1-2H3,(H,37,41)/t32-/m0/s1. The molecule has 230 valence electrons. The minimum absolute atomic E-state index is 0.00290. The van der Waals surface area contributed by atoms with Crippen molar-refractivity contribution in [1.29, 1.82) is 0 Å². The normalized spacial score (nSPS) is 11.9. The minimum atomic E-state index is -4.26. The van der Waals surface area contributed by atoms with Crippen molar-refractivity contribution in [2.24, 2.45) is 0 Å². The SMILES string of the molecule is CCCNC(=O)[C@H](Cc1ccccc1)N(Cc1ccccc1)C(=O)CN(c1cc(Cl)cc(Cl)c1)S(=O)(=O)c1ccc(C)cc1. The monoisotopic (exact) mass is 651 g/mol. The Labute approximate surface area is 269 Å². The first-order chi connectivity index (χ1) is 21.1. The number of hydrogen-bond acceptors (Lipinski definition) is 4. The maximum atomic E-state index is 14.4. The van der Waals surface area contributed by atoms with E-state index in [0.717, 1.165) is 21.0 Å². The van der Waals surface area contributed by atoms with Gasteiger partial charge in [-0.1, -0.05) is 108 Å². The van der Waals surface area contributed by atoms with Crippen molar-refractivity contribution in [2.45, 2.75) is 44.2 Å². The first-order valence-electron chi connectivity index (χ1n) is 14.3. The van der Waals surface area contributed by atoms with Crippen molar-refractivity contribution in [3.8, 4) is 0 Å². The Kier molecular flexibility index (Phi) is 11.4. The summed E-state index contributed by atoms with van der Waals surface area (Å²) in [4.78, 5) is 29.5. The van der Waals surface area contributed by atoms with Gasteiger partial charge in [0.25, 0.3) is 10.0 Å². The molecule has 0 spiro atoms. The molecule has 2 amide bonds. The summed E-state index contributed by atoms with van der Waals surface area (Å²) in [6.07, 6.45) is 0.956. The third-order valence-corrected chi connectivity index (χ3v) is 9.26. The van der Waals surface area contributed by atoms with Gasteiger partial charge in [-0.05, 0) is 54.8 Å². The number of carbonyl (C=O) groups is 2. The van der Waals surface area contributed by atoms with Crippen LogP contribution in [0.3, 0.4) is 0 Å². The van der Waals surface area contributed by atoms with Crippen LogP contribution in [0.5, 0.6) is 0 Å². The second-order valence-electron chi connectivity index (χ2n) is 10.5. The van der Waals surface area contributed by atoms with Crippen LogP contribution in [-0.4, -0.2) is 44.3 Å². The van der Waals surface area contributed by atoms with Crippen LogP contribution in [0.4, 0.5) is 5.69 Å². The molecule has 4 aromatic carbocycles. The van der Waals surface area contributed by atoms with Gasteiger partial charge in [0.05, 0.1) is 10.6 Å². The maximum Gasteiger partial charge on any atom is 0.264 e. The molecule has 0 aliphatic heterocycles. The van der Waals surface area contributed by atoms with Crippen molar-refractivity contribution < 1.29 is 18.0 Å². The zero-order valence-corrected chi connectivity index (χ0v) is 26.9. The van der Waals surface area contributed by atoms with Gasteiger partial charge in [-0.25, -0.2) is 8.42 Å². The Morgan fingerprint density at radius 3 is 1.95 bits per heavy atom. The quantitative estimate of drug-likeness (QED) is 0.175. The topological polar surface area (TPSA) is 86.8 Å². The summed E-state index contributed by atoms with van der Waals surface area (Å²) in [6.45, 7) is 3.74. The number of amides is 2. The molecular formula is C34H35Cl2N3O4S. The van der Waals surface area contributed by atoms with Crippen molar-refractivity contribution >= 4 is 50.7 Å². The summed E-state index contributed by atoms with van der Waals surface area (Å²) >= 11 is 12.6. The van der Waals surface area contributed by atoms with Crippen LogP contribution < -0.4 is 9.62 Å². The number of carbonyl (C=O) groups excluding carboxylic acids is 2. The predicted octanol–water partition coefficient (Wildman–Crippen LogP) is 6.66. The lowest BCUT2D eigenvalue weighted by Crippen LogP contribution is -2.53. The van der Waals surface area contributed by atoms with Gasteiger partial charge >= 0.3 is 0 Å². The van der Waals surface area contributed by atoms with Gasteiger partial charge in [0, 0.05) is 29.6 Å². The smallest absolute Gasteiger partial charge is 0.264 e. The molecule has 7 nitrogen and oxygen atoms in total. The molecule has 10 heteroatoms. The summed E-state index contributed by atoms with van der Waals surface area (Å²) in [6, 6.07) is 28.5. The lowest BCUT2D eigenvalue weighted by molar-refractivity contribution is -0.140. The Bertz CT molecular complexity index is 1650. The Balaban J connectivity index is 1.80. The number of benzene rings is 4. The molecule has 1 atom stereocenters. The van der Waals surface area contributed by atoms with Gasteiger partial charge in [-0.2, -0.15) is 0 Å². The fourth-order valence-electron chi connectivity index (χ4n) is 4.75. The van der Waals surface area contributed by atoms with Gasteiger partial charge in [0.15, 0.2) is 0 Å². The molecule has 0 aliphatic carbocycles. The number of halogens is 2. The zero-order valence-electron chi connectivity index (χ0n) is 24.6. The molecule has 0 saturated carbocycles. The van der Waals surface area contributed by atoms with Gasteiger partial charge in [-0.15, -0.1) is 0 Å². The number of sulfonamides is 1. The molecule has 44 heavy (non-hydrogen) atoms. The van der Waals surface area contributed by atoms with E-state index in [9.17, 15) is 18.0 Å². The van der Waals surface area contributed by atoms with Crippen LogP contribution in [-0.2, 0) is 32.6 Å². The number of anilines is 1. The maximum absolute atomic E-state index is 14.4. The summed E-state index contributed by atoms with van der Waals surface area (Å²) < 4.78 is 29.2. The summed E-state index contributed by atoms with van der Waals surface area (Å²) in [5.41, 5.74) is 2.67. The lowest BCUT2D eigenvalue weighted by atomic mass is 10.0. The first-order valence-corrected chi connectivity index (χ1v) is 16.5. The van der Waals surface area contributed by atoms with Crippen LogP contribution in [0.15, 0.2) is 108 Å². The molecule has 0 heterocycles. The van der Waals surface area contributed by atoms with Crippen LogP contribution in [0.1, 0.15) is 30.0 Å². The molecule has 1 N–H and O–H groups in total. The Hall–Kier alpha value is -3.85. The van der Waals surface area contributed by atoms with E-state index in [1.165, 1.54) is 35.2 Å². The van der Waals surface area contributed by atoms with Gasteiger partial charge in [-0.3, -0.25) is 13.9 Å². The van der Waals surface area contributed by atoms with Crippen molar-refractivity contribution in [2.75, 3.05) is 17.4 Å². The van der Waals surface area contributed by atoms with E-state index in [4.69, 9.17) is 23.2 Å². The highest BCUT2D eigenvalue weighted by Crippen LogP contribution is 2.30. The van der Waals surface area contributed by atoms with Crippen LogP contribution in [0, 0.1) is 6.92 Å². The highest BCUT2D eigenvalue weighted by molar-refractivity contribution is 7.92. The summed E-state index contributed by atoms with van der Waals surface area (Å²) in [5, 5.41) is 3.36. The van der Waals surface area contributed by atoms with Crippen LogP contribution in [0.2, 0.25) is 10.0 Å². The largest absolute Gasteiger partial charge is 0.354 e. The molecule has 0 saturated heterocycles. The third kappa shape index (κ3) is 8.62. The number of nitrogens with one attached hydrogen (secondary N) is 1. The van der Waals surface area contributed by atoms with E-state index < -0.39 is 28.5 Å². The van der Waals surface area contributed by atoms with Gasteiger partial charge in [0.1, 0.15) is 12.6 Å². The van der Waals surface area contributed by atoms with Crippen LogP contribution in [0.25, 0.3) is 0 Å². The number of hydrogen-bond donors (Lipinski definition) is 1. The lowest BCUT2D eigenvalue weighted by Gasteiger charge is -2.34. The average Bonchev–Trinajstić information content (AvgIpc) is 3.01. The fraction of sp³-hybridized carbons (Fsp3) is 0.235. The first kappa shape index (κ1) is 33.1. The van der Waals surface area contributed by atoms with E-state index in [1.807, 2.05) is 74.5 Å². The molecule has 0 fully saturated rings. The van der Waals surface area contributed by atoms with Crippen molar-refractivity contribution in [3.63, 3.8) is 0 Å². The van der Waals surface area contributed by atoms with E-state index in [0.29, 0.717) is 13.0 Å². The molecule has 0 radical (unpaired) electrons. The van der Waals surface area contributed by atoms with Gasteiger partial charge < -0.3 is 10.2 Å². The van der Waals surface area contributed by atoms with Crippen LogP contribution >= 0.6 is 23.2 Å². The average molecular weight is 653 g/mol.